The molecule has 4 heteroatoms. The predicted molar refractivity (Wildman–Crippen MR) is 102 cm³/mol. The number of hydrogen-bond donors (Lipinski definition) is 1. The van der Waals surface area contributed by atoms with Crippen LogP contribution in [0.1, 0.15) is 5.56 Å². The van der Waals surface area contributed by atoms with Crippen LogP contribution < -0.4 is 10.5 Å². The van der Waals surface area contributed by atoms with Crippen LogP contribution in [0, 0.1) is 0 Å². The molecule has 132 valence electrons. The van der Waals surface area contributed by atoms with Crippen LogP contribution in [0.25, 0.3) is 11.1 Å². The first kappa shape index (κ1) is 17.7. The Hall–Kier alpha value is -3.11. The highest BCUT2D eigenvalue weighted by Crippen LogP contribution is 2.33. The number of nitrogens with two attached hydrogens (primary N) is 1. The van der Waals surface area contributed by atoms with Crippen LogP contribution in [0.4, 0.5) is 0 Å². The van der Waals surface area contributed by atoms with Crippen molar-refractivity contribution < 1.29 is 14.3 Å². The first-order valence-corrected chi connectivity index (χ1v) is 8.42. The lowest BCUT2D eigenvalue weighted by Crippen LogP contribution is -2.33. The van der Waals surface area contributed by atoms with Gasteiger partial charge in [0.15, 0.2) is 0 Å². The van der Waals surface area contributed by atoms with E-state index < -0.39 is 12.0 Å². The maximum Gasteiger partial charge on any atom is 0.322 e. The summed E-state index contributed by atoms with van der Waals surface area (Å²) in [5.74, 6) is 1.18. The molecule has 2 N–H and O–H groups in total. The number of hydrogen-bond acceptors (Lipinski definition) is 4. The maximum absolute atomic E-state index is 11.5. The van der Waals surface area contributed by atoms with Crippen molar-refractivity contribution in [2.45, 2.75) is 12.5 Å². The van der Waals surface area contributed by atoms with E-state index in [9.17, 15) is 4.79 Å². The Morgan fingerprint density at radius 3 is 2.27 bits per heavy atom. The van der Waals surface area contributed by atoms with Gasteiger partial charge in [-0.05, 0) is 35.7 Å². The molecule has 0 aromatic heterocycles. The monoisotopic (exact) mass is 347 g/mol. The van der Waals surface area contributed by atoms with Crippen molar-refractivity contribution in [2.75, 3.05) is 7.11 Å². The summed E-state index contributed by atoms with van der Waals surface area (Å²) in [6.07, 6.45) is 0.440. The van der Waals surface area contributed by atoms with E-state index in [0.717, 1.165) is 28.2 Å². The molecule has 0 spiro atoms. The van der Waals surface area contributed by atoms with Gasteiger partial charge >= 0.3 is 5.97 Å². The second-order valence-corrected chi connectivity index (χ2v) is 5.94. The van der Waals surface area contributed by atoms with Gasteiger partial charge < -0.3 is 15.2 Å². The normalized spacial score (nSPS) is 11.6. The standard InChI is InChI=1S/C22H21NO3/c1-25-22(24)20(23)15-16-11-13-17(14-12-16)19-9-5-6-10-21(19)26-18-7-3-2-4-8-18/h2-14,20H,15,23H2,1H3. The van der Waals surface area contributed by atoms with Gasteiger partial charge in [0.1, 0.15) is 17.5 Å². The van der Waals surface area contributed by atoms with Crippen LogP contribution in [-0.4, -0.2) is 19.1 Å². The van der Waals surface area contributed by atoms with Crippen molar-refractivity contribution in [3.05, 3.63) is 84.4 Å². The Morgan fingerprint density at radius 1 is 0.923 bits per heavy atom. The summed E-state index contributed by atoms with van der Waals surface area (Å²) >= 11 is 0. The molecular weight excluding hydrogens is 326 g/mol. The Balaban J connectivity index is 1.80. The number of para-hydroxylation sites is 2. The summed E-state index contributed by atoms with van der Waals surface area (Å²) < 4.78 is 10.7. The van der Waals surface area contributed by atoms with Gasteiger partial charge in [-0.1, -0.05) is 60.7 Å². The quantitative estimate of drug-likeness (QED) is 0.679. The molecule has 0 saturated heterocycles. The molecule has 0 radical (unpaired) electrons. The zero-order valence-corrected chi connectivity index (χ0v) is 14.6. The average molecular weight is 347 g/mol. The number of carbonyl (C=O) groups excluding carboxylic acids is 1. The van der Waals surface area contributed by atoms with E-state index in [4.69, 9.17) is 10.5 Å². The van der Waals surface area contributed by atoms with Gasteiger partial charge in [-0.3, -0.25) is 4.79 Å². The van der Waals surface area contributed by atoms with Gasteiger partial charge in [0.05, 0.1) is 7.11 Å². The number of rotatable bonds is 6. The SMILES string of the molecule is COC(=O)C(N)Cc1ccc(-c2ccccc2Oc2ccccc2)cc1. The third-order valence-electron chi connectivity index (χ3n) is 4.08. The van der Waals surface area contributed by atoms with E-state index in [-0.39, 0.29) is 0 Å². The van der Waals surface area contributed by atoms with E-state index in [1.165, 1.54) is 7.11 Å². The molecule has 0 aliphatic heterocycles. The lowest BCUT2D eigenvalue weighted by Gasteiger charge is -2.13. The topological polar surface area (TPSA) is 61.5 Å². The number of esters is 1. The second-order valence-electron chi connectivity index (χ2n) is 5.94. The van der Waals surface area contributed by atoms with Gasteiger partial charge in [0, 0.05) is 5.56 Å². The maximum atomic E-state index is 11.5. The summed E-state index contributed by atoms with van der Waals surface area (Å²) in [6.45, 7) is 0. The minimum absolute atomic E-state index is 0.407. The molecule has 0 fully saturated rings. The van der Waals surface area contributed by atoms with E-state index in [0.29, 0.717) is 6.42 Å². The highest BCUT2D eigenvalue weighted by Gasteiger charge is 2.14. The average Bonchev–Trinajstić information content (AvgIpc) is 2.69. The van der Waals surface area contributed by atoms with Crippen molar-refractivity contribution >= 4 is 5.97 Å². The van der Waals surface area contributed by atoms with Crippen molar-refractivity contribution in [3.8, 4) is 22.6 Å². The zero-order chi connectivity index (χ0) is 18.4. The minimum atomic E-state index is -0.653. The number of methoxy groups -OCH3 is 1. The summed E-state index contributed by atoms with van der Waals surface area (Å²) in [5.41, 5.74) is 8.84. The van der Waals surface area contributed by atoms with Crippen molar-refractivity contribution in [1.29, 1.82) is 0 Å². The van der Waals surface area contributed by atoms with Crippen LogP contribution in [0.2, 0.25) is 0 Å². The predicted octanol–water partition coefficient (Wildman–Crippen LogP) is 4.19. The highest BCUT2D eigenvalue weighted by atomic mass is 16.5. The first-order valence-electron chi connectivity index (χ1n) is 8.42. The Labute approximate surface area is 153 Å². The van der Waals surface area contributed by atoms with Crippen LogP contribution in [0.5, 0.6) is 11.5 Å². The van der Waals surface area contributed by atoms with Gasteiger partial charge in [-0.25, -0.2) is 0 Å². The van der Waals surface area contributed by atoms with Gasteiger partial charge in [0.2, 0.25) is 0 Å². The minimum Gasteiger partial charge on any atom is -0.468 e. The van der Waals surface area contributed by atoms with Gasteiger partial charge in [0.25, 0.3) is 0 Å². The Morgan fingerprint density at radius 2 is 1.58 bits per heavy atom. The van der Waals surface area contributed by atoms with E-state index >= 15 is 0 Å². The van der Waals surface area contributed by atoms with Crippen molar-refractivity contribution in [3.63, 3.8) is 0 Å². The Kier molecular flexibility index (Phi) is 5.66. The van der Waals surface area contributed by atoms with Gasteiger partial charge in [-0.2, -0.15) is 0 Å². The molecule has 3 aromatic carbocycles. The second kappa shape index (κ2) is 8.32. The lowest BCUT2D eigenvalue weighted by atomic mass is 10.0. The van der Waals surface area contributed by atoms with Crippen molar-refractivity contribution in [1.82, 2.24) is 0 Å². The fourth-order valence-electron chi connectivity index (χ4n) is 2.72. The fourth-order valence-corrected chi connectivity index (χ4v) is 2.72. The number of benzene rings is 3. The third-order valence-corrected chi connectivity index (χ3v) is 4.08. The lowest BCUT2D eigenvalue weighted by molar-refractivity contribution is -0.142. The molecule has 0 aliphatic rings. The first-order chi connectivity index (χ1) is 12.7. The summed E-state index contributed by atoms with van der Waals surface area (Å²) in [7, 11) is 1.34. The number of carbonyl (C=O) groups is 1. The van der Waals surface area contributed by atoms with Crippen LogP contribution in [-0.2, 0) is 16.0 Å². The zero-order valence-electron chi connectivity index (χ0n) is 14.6. The van der Waals surface area contributed by atoms with E-state index in [1.54, 1.807) is 0 Å². The molecule has 3 rings (SSSR count). The molecule has 0 bridgehead atoms. The Bertz CT molecular complexity index is 860. The van der Waals surface area contributed by atoms with Crippen molar-refractivity contribution in [2.24, 2.45) is 5.73 Å². The van der Waals surface area contributed by atoms with Gasteiger partial charge in [-0.15, -0.1) is 0 Å². The molecular formula is C22H21NO3. The largest absolute Gasteiger partial charge is 0.468 e. The number of ether oxygens (including phenoxy) is 2. The molecule has 1 unspecified atom stereocenters. The fraction of sp³-hybridized carbons (Fsp3) is 0.136. The van der Waals surface area contributed by atoms with Crippen LogP contribution in [0.3, 0.4) is 0 Å². The van der Waals surface area contributed by atoms with E-state index in [1.807, 2.05) is 78.9 Å². The molecule has 0 aliphatic carbocycles. The molecule has 1 atom stereocenters. The molecule has 0 amide bonds. The van der Waals surface area contributed by atoms with Crippen LogP contribution in [0.15, 0.2) is 78.9 Å². The third kappa shape index (κ3) is 4.29. The van der Waals surface area contributed by atoms with E-state index in [2.05, 4.69) is 4.74 Å². The smallest absolute Gasteiger partial charge is 0.322 e. The summed E-state index contributed by atoms with van der Waals surface area (Å²) in [6, 6.07) is 24.9. The summed E-state index contributed by atoms with van der Waals surface area (Å²) in [4.78, 5) is 11.5. The molecule has 0 saturated carbocycles. The molecule has 3 aromatic rings. The summed E-state index contributed by atoms with van der Waals surface area (Å²) in [5, 5.41) is 0. The van der Waals surface area contributed by atoms with Crippen LogP contribution >= 0.6 is 0 Å². The molecule has 4 nitrogen and oxygen atoms in total. The highest BCUT2D eigenvalue weighted by molar-refractivity contribution is 5.76. The molecule has 26 heavy (non-hydrogen) atoms. The molecule has 0 heterocycles.